The summed E-state index contributed by atoms with van der Waals surface area (Å²) in [5, 5.41) is 10.6. The summed E-state index contributed by atoms with van der Waals surface area (Å²) in [6.07, 6.45) is 3.69. The van der Waals surface area contributed by atoms with Crippen molar-refractivity contribution in [1.82, 2.24) is 9.38 Å². The number of rotatable bonds is 4. The Kier molecular flexibility index (Phi) is 4.52. The van der Waals surface area contributed by atoms with Crippen molar-refractivity contribution in [2.24, 2.45) is 4.99 Å². The molecule has 4 aromatic rings. The minimum atomic E-state index is 0.0798. The standard InChI is InChI=1S/C21H16ClN3O2/c1-27-18-12-15(7-10-17(18)26)20-21(25-11-3-2-4-19(25)24-20)23-13-14-5-8-16(22)9-6-14/h2-13,26H,1H3/b23-13+. The number of ether oxygens (including phenoxy) is 1. The van der Waals surface area contributed by atoms with Crippen LogP contribution in [0.2, 0.25) is 5.02 Å². The zero-order chi connectivity index (χ0) is 18.8. The van der Waals surface area contributed by atoms with Crippen molar-refractivity contribution in [3.63, 3.8) is 0 Å². The smallest absolute Gasteiger partial charge is 0.165 e. The first-order chi connectivity index (χ1) is 13.2. The van der Waals surface area contributed by atoms with Crippen molar-refractivity contribution in [2.45, 2.75) is 0 Å². The number of aromatic hydroxyl groups is 1. The maximum Gasteiger partial charge on any atom is 0.165 e. The van der Waals surface area contributed by atoms with Crippen molar-refractivity contribution in [2.75, 3.05) is 7.11 Å². The summed E-state index contributed by atoms with van der Waals surface area (Å²) in [6, 6.07) is 18.4. The van der Waals surface area contributed by atoms with Crippen LogP contribution < -0.4 is 4.74 Å². The number of hydrogen-bond acceptors (Lipinski definition) is 4. The second-order valence-corrected chi connectivity index (χ2v) is 6.35. The van der Waals surface area contributed by atoms with Crippen LogP contribution in [0.4, 0.5) is 5.82 Å². The quantitative estimate of drug-likeness (QED) is 0.502. The van der Waals surface area contributed by atoms with Crippen molar-refractivity contribution >= 4 is 29.3 Å². The van der Waals surface area contributed by atoms with Gasteiger partial charge in [-0.15, -0.1) is 0 Å². The predicted molar refractivity (Wildman–Crippen MR) is 108 cm³/mol. The highest BCUT2D eigenvalue weighted by Crippen LogP contribution is 2.36. The summed E-state index contributed by atoms with van der Waals surface area (Å²) in [7, 11) is 1.52. The lowest BCUT2D eigenvalue weighted by Gasteiger charge is -2.06. The van der Waals surface area contributed by atoms with Crippen LogP contribution >= 0.6 is 11.6 Å². The fraction of sp³-hybridized carbons (Fsp3) is 0.0476. The number of fused-ring (bicyclic) bond motifs is 1. The number of phenolic OH excluding ortho intramolecular Hbond substituents is 1. The molecule has 2 heterocycles. The third-order valence-corrected chi connectivity index (χ3v) is 4.42. The van der Waals surface area contributed by atoms with E-state index in [4.69, 9.17) is 21.3 Å². The van der Waals surface area contributed by atoms with Gasteiger partial charge in [0.15, 0.2) is 17.3 Å². The average molecular weight is 378 g/mol. The number of nitrogens with zero attached hydrogens (tertiary/aromatic N) is 3. The highest BCUT2D eigenvalue weighted by Gasteiger charge is 2.15. The molecular formula is C21H16ClN3O2. The zero-order valence-corrected chi connectivity index (χ0v) is 15.3. The van der Waals surface area contributed by atoms with Crippen LogP contribution in [0.25, 0.3) is 16.9 Å². The van der Waals surface area contributed by atoms with E-state index in [1.807, 2.05) is 53.1 Å². The van der Waals surface area contributed by atoms with Gasteiger partial charge in [-0.25, -0.2) is 9.98 Å². The van der Waals surface area contributed by atoms with E-state index in [0.29, 0.717) is 22.3 Å². The molecule has 0 spiro atoms. The summed E-state index contributed by atoms with van der Waals surface area (Å²) < 4.78 is 7.14. The summed E-state index contributed by atoms with van der Waals surface area (Å²) in [6.45, 7) is 0. The Morgan fingerprint density at radius 3 is 2.70 bits per heavy atom. The van der Waals surface area contributed by atoms with Crippen LogP contribution in [-0.2, 0) is 0 Å². The van der Waals surface area contributed by atoms with Crippen LogP contribution in [0, 0.1) is 0 Å². The number of methoxy groups -OCH3 is 1. The summed E-state index contributed by atoms with van der Waals surface area (Å²) in [5.74, 6) is 1.15. The van der Waals surface area contributed by atoms with Gasteiger partial charge in [-0.1, -0.05) is 29.8 Å². The van der Waals surface area contributed by atoms with Gasteiger partial charge in [0.2, 0.25) is 0 Å². The molecule has 0 aliphatic carbocycles. The van der Waals surface area contributed by atoms with Gasteiger partial charge in [0, 0.05) is 23.0 Å². The number of benzene rings is 2. The number of aromatic nitrogens is 2. The van der Waals surface area contributed by atoms with Crippen LogP contribution in [0.15, 0.2) is 71.9 Å². The number of phenols is 1. The highest BCUT2D eigenvalue weighted by molar-refractivity contribution is 6.30. The molecule has 0 aliphatic rings. The maximum atomic E-state index is 9.87. The zero-order valence-electron chi connectivity index (χ0n) is 14.5. The average Bonchev–Trinajstić information content (AvgIpc) is 3.06. The number of hydrogen-bond donors (Lipinski definition) is 1. The number of imidazole rings is 1. The fourth-order valence-electron chi connectivity index (χ4n) is 2.81. The minimum absolute atomic E-state index is 0.0798. The number of pyridine rings is 1. The van der Waals surface area contributed by atoms with Gasteiger partial charge >= 0.3 is 0 Å². The lowest BCUT2D eigenvalue weighted by atomic mass is 10.1. The van der Waals surface area contributed by atoms with Gasteiger partial charge < -0.3 is 9.84 Å². The van der Waals surface area contributed by atoms with E-state index >= 15 is 0 Å². The molecule has 5 nitrogen and oxygen atoms in total. The van der Waals surface area contributed by atoms with E-state index in [2.05, 4.69) is 4.99 Å². The molecule has 0 saturated carbocycles. The minimum Gasteiger partial charge on any atom is -0.504 e. The SMILES string of the molecule is COc1cc(-c2nc3ccccn3c2/N=C/c2ccc(Cl)cc2)ccc1O. The van der Waals surface area contributed by atoms with Gasteiger partial charge in [-0.3, -0.25) is 4.40 Å². The van der Waals surface area contributed by atoms with E-state index in [9.17, 15) is 5.11 Å². The lowest BCUT2D eigenvalue weighted by molar-refractivity contribution is 0.373. The molecule has 2 aromatic carbocycles. The normalized spacial score (nSPS) is 11.3. The molecule has 0 atom stereocenters. The molecule has 1 N–H and O–H groups in total. The summed E-state index contributed by atoms with van der Waals surface area (Å²) in [4.78, 5) is 9.38. The van der Waals surface area contributed by atoms with Gasteiger partial charge in [0.1, 0.15) is 11.3 Å². The predicted octanol–water partition coefficient (Wildman–Crippen LogP) is 5.12. The molecule has 0 fully saturated rings. The Balaban J connectivity index is 1.86. The molecule has 0 bridgehead atoms. The summed E-state index contributed by atoms with van der Waals surface area (Å²) in [5.41, 5.74) is 3.21. The third kappa shape index (κ3) is 3.37. The molecule has 27 heavy (non-hydrogen) atoms. The largest absolute Gasteiger partial charge is 0.504 e. The highest BCUT2D eigenvalue weighted by atomic mass is 35.5. The van der Waals surface area contributed by atoms with Gasteiger partial charge in [-0.05, 0) is 48.0 Å². The Morgan fingerprint density at radius 1 is 1.11 bits per heavy atom. The molecule has 0 amide bonds. The second kappa shape index (κ2) is 7.13. The first-order valence-electron chi connectivity index (χ1n) is 8.30. The summed E-state index contributed by atoms with van der Waals surface area (Å²) >= 11 is 5.95. The van der Waals surface area contributed by atoms with Gasteiger partial charge in [0.05, 0.1) is 7.11 Å². The van der Waals surface area contributed by atoms with Crippen molar-refractivity contribution < 1.29 is 9.84 Å². The molecule has 6 heteroatoms. The van der Waals surface area contributed by atoms with Crippen LogP contribution in [-0.4, -0.2) is 27.8 Å². The van der Waals surface area contributed by atoms with Crippen molar-refractivity contribution in [3.8, 4) is 22.8 Å². The van der Waals surface area contributed by atoms with E-state index in [-0.39, 0.29) is 5.75 Å². The molecule has 0 aliphatic heterocycles. The molecule has 0 radical (unpaired) electrons. The monoisotopic (exact) mass is 377 g/mol. The topological polar surface area (TPSA) is 59.1 Å². The second-order valence-electron chi connectivity index (χ2n) is 5.91. The molecule has 4 rings (SSSR count). The molecule has 0 saturated heterocycles. The van der Waals surface area contributed by atoms with Crippen LogP contribution in [0.5, 0.6) is 11.5 Å². The molecule has 2 aromatic heterocycles. The van der Waals surface area contributed by atoms with Crippen LogP contribution in [0.1, 0.15) is 5.56 Å². The lowest BCUT2D eigenvalue weighted by Crippen LogP contribution is -1.87. The number of aliphatic imine (C=N–C) groups is 1. The van der Waals surface area contributed by atoms with Gasteiger partial charge in [-0.2, -0.15) is 0 Å². The maximum absolute atomic E-state index is 9.87. The Hall–Kier alpha value is -3.31. The first kappa shape index (κ1) is 17.1. The third-order valence-electron chi connectivity index (χ3n) is 4.16. The van der Waals surface area contributed by atoms with E-state index in [1.165, 1.54) is 7.11 Å². The number of halogens is 1. The molecule has 134 valence electrons. The van der Waals surface area contributed by atoms with E-state index in [1.54, 1.807) is 24.4 Å². The van der Waals surface area contributed by atoms with Gasteiger partial charge in [0.25, 0.3) is 0 Å². The Bertz CT molecular complexity index is 1130. The van der Waals surface area contributed by atoms with E-state index in [0.717, 1.165) is 16.8 Å². The van der Waals surface area contributed by atoms with Crippen molar-refractivity contribution in [1.29, 1.82) is 0 Å². The molecular weight excluding hydrogens is 362 g/mol. The van der Waals surface area contributed by atoms with Crippen molar-refractivity contribution in [3.05, 3.63) is 77.4 Å². The first-order valence-corrected chi connectivity index (χ1v) is 8.67. The fourth-order valence-corrected chi connectivity index (χ4v) is 2.94. The molecule has 0 unspecified atom stereocenters. The van der Waals surface area contributed by atoms with Crippen LogP contribution in [0.3, 0.4) is 0 Å². The Labute approximate surface area is 161 Å². The Morgan fingerprint density at radius 2 is 1.93 bits per heavy atom. The van der Waals surface area contributed by atoms with E-state index < -0.39 is 0 Å².